The van der Waals surface area contributed by atoms with Crippen LogP contribution in [0.2, 0.25) is 0 Å². The molecule has 0 atom stereocenters. The van der Waals surface area contributed by atoms with E-state index in [1.54, 1.807) is 36.4 Å². The fourth-order valence-corrected chi connectivity index (χ4v) is 2.83. The molecule has 2 heterocycles. The van der Waals surface area contributed by atoms with Crippen molar-refractivity contribution in [3.63, 3.8) is 0 Å². The van der Waals surface area contributed by atoms with Gasteiger partial charge in [-0.2, -0.15) is 5.26 Å². The van der Waals surface area contributed by atoms with E-state index in [0.29, 0.717) is 49.7 Å². The number of benzene rings is 1. The molecule has 1 fully saturated rings. The minimum absolute atomic E-state index is 0.0179. The van der Waals surface area contributed by atoms with Crippen LogP contribution in [0.3, 0.4) is 0 Å². The predicted molar refractivity (Wildman–Crippen MR) is 94.4 cm³/mol. The third kappa shape index (κ3) is 4.28. The van der Waals surface area contributed by atoms with Crippen LogP contribution >= 0.6 is 0 Å². The lowest BCUT2D eigenvalue weighted by Crippen LogP contribution is -2.42. The van der Waals surface area contributed by atoms with Gasteiger partial charge in [-0.25, -0.2) is 9.78 Å². The van der Waals surface area contributed by atoms with Crippen LogP contribution in [-0.2, 0) is 4.74 Å². The fourth-order valence-electron chi connectivity index (χ4n) is 2.83. The van der Waals surface area contributed by atoms with Crippen LogP contribution in [0.15, 0.2) is 36.7 Å². The standard InChI is InChI=1S/C19H20N4O3/c1-2-25-19(24)23-8-6-16(7-9-23)26-18-13-21-12-17(22-18)15-5-3-4-14(10-15)11-20/h3-5,10,12-13,16H,2,6-9H2,1H3. The number of ether oxygens (including phenoxy) is 2. The Morgan fingerprint density at radius 1 is 1.35 bits per heavy atom. The van der Waals surface area contributed by atoms with E-state index in [0.717, 1.165) is 5.56 Å². The summed E-state index contributed by atoms with van der Waals surface area (Å²) in [7, 11) is 0. The minimum atomic E-state index is -0.273. The largest absolute Gasteiger partial charge is 0.473 e. The van der Waals surface area contributed by atoms with Crippen molar-refractivity contribution in [3.8, 4) is 23.2 Å². The van der Waals surface area contributed by atoms with Crippen LogP contribution in [0.1, 0.15) is 25.3 Å². The highest BCUT2D eigenvalue weighted by atomic mass is 16.6. The molecule has 0 unspecified atom stereocenters. The monoisotopic (exact) mass is 352 g/mol. The smallest absolute Gasteiger partial charge is 0.409 e. The molecular weight excluding hydrogens is 332 g/mol. The maximum absolute atomic E-state index is 11.7. The number of carbonyl (C=O) groups excluding carboxylic acids is 1. The molecule has 26 heavy (non-hydrogen) atoms. The number of nitrogens with zero attached hydrogens (tertiary/aromatic N) is 4. The van der Waals surface area contributed by atoms with Crippen LogP contribution in [0, 0.1) is 11.3 Å². The molecule has 2 aromatic rings. The average molecular weight is 352 g/mol. The van der Waals surface area contributed by atoms with Crippen molar-refractivity contribution in [1.29, 1.82) is 5.26 Å². The number of piperidine rings is 1. The van der Waals surface area contributed by atoms with E-state index in [2.05, 4.69) is 16.0 Å². The second-order valence-electron chi connectivity index (χ2n) is 5.94. The molecule has 0 spiro atoms. The molecule has 1 saturated heterocycles. The van der Waals surface area contributed by atoms with E-state index in [4.69, 9.17) is 14.7 Å². The predicted octanol–water partition coefficient (Wildman–Crippen LogP) is 3.01. The van der Waals surface area contributed by atoms with Gasteiger partial charge < -0.3 is 14.4 Å². The Labute approximate surface area is 152 Å². The van der Waals surface area contributed by atoms with E-state index >= 15 is 0 Å². The number of hydrogen-bond acceptors (Lipinski definition) is 6. The van der Waals surface area contributed by atoms with Crippen LogP contribution in [0.4, 0.5) is 4.79 Å². The van der Waals surface area contributed by atoms with Crippen LogP contribution in [0.5, 0.6) is 5.88 Å². The second kappa shape index (κ2) is 8.30. The van der Waals surface area contributed by atoms with Gasteiger partial charge in [-0.05, 0) is 19.1 Å². The fraction of sp³-hybridized carbons (Fsp3) is 0.368. The zero-order chi connectivity index (χ0) is 18.4. The van der Waals surface area contributed by atoms with Gasteiger partial charge in [0.25, 0.3) is 0 Å². The average Bonchev–Trinajstić information content (AvgIpc) is 2.69. The zero-order valence-electron chi connectivity index (χ0n) is 14.6. The first-order chi connectivity index (χ1) is 12.7. The molecule has 1 aromatic carbocycles. The van der Waals surface area contributed by atoms with Gasteiger partial charge in [-0.15, -0.1) is 0 Å². The van der Waals surface area contributed by atoms with Gasteiger partial charge in [0.2, 0.25) is 5.88 Å². The van der Waals surface area contributed by atoms with Crippen LogP contribution < -0.4 is 4.74 Å². The summed E-state index contributed by atoms with van der Waals surface area (Å²) in [5.41, 5.74) is 2.05. The number of amides is 1. The first-order valence-corrected chi connectivity index (χ1v) is 8.60. The molecule has 134 valence electrons. The third-order valence-corrected chi connectivity index (χ3v) is 4.16. The highest BCUT2D eigenvalue weighted by molar-refractivity contribution is 5.67. The second-order valence-corrected chi connectivity index (χ2v) is 5.94. The van der Waals surface area contributed by atoms with Gasteiger partial charge in [0.1, 0.15) is 6.10 Å². The maximum atomic E-state index is 11.7. The lowest BCUT2D eigenvalue weighted by molar-refractivity contribution is 0.0687. The van der Waals surface area contributed by atoms with Crippen molar-refractivity contribution in [2.45, 2.75) is 25.9 Å². The Hall–Kier alpha value is -3.14. The highest BCUT2D eigenvalue weighted by Crippen LogP contribution is 2.22. The maximum Gasteiger partial charge on any atom is 0.409 e. The van der Waals surface area contributed by atoms with Crippen LogP contribution in [-0.4, -0.2) is 46.8 Å². The van der Waals surface area contributed by atoms with Gasteiger partial charge in [0.15, 0.2) is 0 Å². The molecule has 3 rings (SSSR count). The number of likely N-dealkylation sites (tertiary alicyclic amines) is 1. The van der Waals surface area contributed by atoms with Crippen molar-refractivity contribution >= 4 is 6.09 Å². The van der Waals surface area contributed by atoms with E-state index in [1.165, 1.54) is 0 Å². The SMILES string of the molecule is CCOC(=O)N1CCC(Oc2cncc(-c3cccc(C#N)c3)n2)CC1. The Kier molecular flexibility index (Phi) is 5.64. The number of carbonyl (C=O) groups is 1. The molecule has 0 saturated carbocycles. The number of rotatable bonds is 4. The molecule has 1 aliphatic heterocycles. The molecule has 0 bridgehead atoms. The minimum Gasteiger partial charge on any atom is -0.473 e. The summed E-state index contributed by atoms with van der Waals surface area (Å²) in [5.74, 6) is 0.444. The first-order valence-electron chi connectivity index (χ1n) is 8.60. The van der Waals surface area contributed by atoms with Crippen molar-refractivity contribution in [3.05, 3.63) is 42.2 Å². The Balaban J connectivity index is 1.63. The normalized spacial score (nSPS) is 14.5. The number of nitriles is 1. The molecule has 1 aromatic heterocycles. The van der Waals surface area contributed by atoms with Gasteiger partial charge >= 0.3 is 6.09 Å². The van der Waals surface area contributed by atoms with Crippen molar-refractivity contribution in [1.82, 2.24) is 14.9 Å². The highest BCUT2D eigenvalue weighted by Gasteiger charge is 2.25. The zero-order valence-corrected chi connectivity index (χ0v) is 14.6. The summed E-state index contributed by atoms with van der Waals surface area (Å²) in [4.78, 5) is 22.1. The summed E-state index contributed by atoms with van der Waals surface area (Å²) in [6, 6.07) is 9.33. The van der Waals surface area contributed by atoms with Crippen LogP contribution in [0.25, 0.3) is 11.3 Å². The summed E-state index contributed by atoms with van der Waals surface area (Å²) in [5, 5.41) is 9.03. The molecule has 7 nitrogen and oxygen atoms in total. The van der Waals surface area contributed by atoms with Gasteiger partial charge in [-0.3, -0.25) is 4.98 Å². The van der Waals surface area contributed by atoms with Gasteiger partial charge in [-0.1, -0.05) is 12.1 Å². The summed E-state index contributed by atoms with van der Waals surface area (Å²) < 4.78 is 11.0. The van der Waals surface area contributed by atoms with E-state index in [1.807, 2.05) is 12.1 Å². The van der Waals surface area contributed by atoms with E-state index in [-0.39, 0.29) is 12.2 Å². The molecule has 7 heteroatoms. The van der Waals surface area contributed by atoms with Gasteiger partial charge in [0, 0.05) is 31.5 Å². The lowest BCUT2D eigenvalue weighted by atomic mass is 10.1. The molecular formula is C19H20N4O3. The Morgan fingerprint density at radius 3 is 2.88 bits per heavy atom. The first kappa shape index (κ1) is 17.7. The molecule has 0 aliphatic carbocycles. The summed E-state index contributed by atoms with van der Waals surface area (Å²) in [6.07, 6.45) is 4.37. The topological polar surface area (TPSA) is 88.3 Å². The van der Waals surface area contributed by atoms with Crippen molar-refractivity contribution in [2.24, 2.45) is 0 Å². The number of aromatic nitrogens is 2. The molecule has 0 N–H and O–H groups in total. The van der Waals surface area contributed by atoms with Crippen molar-refractivity contribution < 1.29 is 14.3 Å². The summed E-state index contributed by atoms with van der Waals surface area (Å²) >= 11 is 0. The molecule has 1 aliphatic rings. The third-order valence-electron chi connectivity index (χ3n) is 4.16. The van der Waals surface area contributed by atoms with E-state index in [9.17, 15) is 4.79 Å². The lowest BCUT2D eigenvalue weighted by Gasteiger charge is -2.31. The quantitative estimate of drug-likeness (QED) is 0.840. The Bertz CT molecular complexity index is 810. The Morgan fingerprint density at radius 2 is 2.15 bits per heavy atom. The van der Waals surface area contributed by atoms with Crippen molar-refractivity contribution in [2.75, 3.05) is 19.7 Å². The molecule has 0 radical (unpaired) electrons. The van der Waals surface area contributed by atoms with E-state index < -0.39 is 0 Å². The van der Waals surface area contributed by atoms with Gasteiger partial charge in [0.05, 0.1) is 36.3 Å². The number of hydrogen-bond donors (Lipinski definition) is 0. The summed E-state index contributed by atoms with van der Waals surface area (Å²) in [6.45, 7) is 3.37. The molecule has 1 amide bonds.